The highest BCUT2D eigenvalue weighted by Gasteiger charge is 2.22. The molecule has 1 saturated heterocycles. The number of hydrogen-bond donors (Lipinski definition) is 0. The van der Waals surface area contributed by atoms with Gasteiger partial charge in [-0.2, -0.15) is 5.10 Å². The standard InChI is InChI=1S/C19H24BrN3O2/c1-22-19(24)18(20)17(13-21-22)23-11-9-15(10-12-23)4-3-14-5-7-16(25-2)8-6-14/h5-8,13,15H,3-4,9-12H2,1-2H3. The molecule has 0 N–H and O–H groups in total. The number of methoxy groups -OCH3 is 1. The van der Waals surface area contributed by atoms with Gasteiger partial charge in [0.15, 0.2) is 0 Å². The third-order valence-electron chi connectivity index (χ3n) is 5.02. The first-order chi connectivity index (χ1) is 12.1. The normalized spacial score (nSPS) is 15.4. The van der Waals surface area contributed by atoms with E-state index in [0.717, 1.165) is 49.7 Å². The number of piperidine rings is 1. The van der Waals surface area contributed by atoms with Gasteiger partial charge in [0.05, 0.1) is 19.0 Å². The minimum Gasteiger partial charge on any atom is -0.497 e. The van der Waals surface area contributed by atoms with E-state index in [9.17, 15) is 4.79 Å². The lowest BCUT2D eigenvalue weighted by Crippen LogP contribution is -2.35. The first-order valence-electron chi connectivity index (χ1n) is 8.68. The van der Waals surface area contributed by atoms with Crippen LogP contribution >= 0.6 is 15.9 Å². The molecule has 1 aromatic heterocycles. The second-order valence-electron chi connectivity index (χ2n) is 6.59. The van der Waals surface area contributed by atoms with E-state index in [1.807, 2.05) is 12.1 Å². The lowest BCUT2D eigenvalue weighted by atomic mass is 9.90. The van der Waals surface area contributed by atoms with Crippen molar-refractivity contribution in [1.29, 1.82) is 0 Å². The van der Waals surface area contributed by atoms with Crippen LogP contribution in [-0.4, -0.2) is 30.0 Å². The van der Waals surface area contributed by atoms with Crippen molar-refractivity contribution in [1.82, 2.24) is 9.78 Å². The van der Waals surface area contributed by atoms with Crippen molar-refractivity contribution in [2.45, 2.75) is 25.7 Å². The Kier molecular flexibility index (Phi) is 5.78. The molecule has 0 saturated carbocycles. The highest BCUT2D eigenvalue weighted by Crippen LogP contribution is 2.29. The predicted octanol–water partition coefficient (Wildman–Crippen LogP) is 3.40. The number of halogens is 1. The summed E-state index contributed by atoms with van der Waals surface area (Å²) in [6.45, 7) is 1.95. The summed E-state index contributed by atoms with van der Waals surface area (Å²) >= 11 is 3.43. The van der Waals surface area contributed by atoms with Gasteiger partial charge in [0.25, 0.3) is 5.56 Å². The first kappa shape index (κ1) is 18.0. The van der Waals surface area contributed by atoms with Gasteiger partial charge in [-0.05, 0) is 65.2 Å². The maximum absolute atomic E-state index is 12.0. The van der Waals surface area contributed by atoms with Crippen LogP contribution in [0.25, 0.3) is 0 Å². The van der Waals surface area contributed by atoms with Gasteiger partial charge in [-0.25, -0.2) is 4.68 Å². The molecule has 1 aliphatic rings. The molecule has 6 heteroatoms. The number of aryl methyl sites for hydroxylation is 2. The summed E-state index contributed by atoms with van der Waals surface area (Å²) in [7, 11) is 3.36. The van der Waals surface area contributed by atoms with E-state index in [0.29, 0.717) is 4.47 Å². The van der Waals surface area contributed by atoms with E-state index in [1.165, 1.54) is 16.7 Å². The number of nitrogens with zero attached hydrogens (tertiary/aromatic N) is 3. The molecule has 5 nitrogen and oxygen atoms in total. The van der Waals surface area contributed by atoms with Gasteiger partial charge < -0.3 is 9.64 Å². The fourth-order valence-electron chi connectivity index (χ4n) is 3.35. The van der Waals surface area contributed by atoms with E-state index < -0.39 is 0 Å². The summed E-state index contributed by atoms with van der Waals surface area (Å²) in [6.07, 6.45) is 6.39. The topological polar surface area (TPSA) is 47.4 Å². The van der Waals surface area contributed by atoms with Crippen molar-refractivity contribution in [3.05, 3.63) is 50.9 Å². The molecular weight excluding hydrogens is 382 g/mol. The third-order valence-corrected chi connectivity index (χ3v) is 5.76. The number of anilines is 1. The third kappa shape index (κ3) is 4.24. The zero-order valence-electron chi connectivity index (χ0n) is 14.7. The smallest absolute Gasteiger partial charge is 0.282 e. The number of hydrogen-bond acceptors (Lipinski definition) is 4. The van der Waals surface area contributed by atoms with Crippen molar-refractivity contribution in [3.63, 3.8) is 0 Å². The molecule has 2 heterocycles. The quantitative estimate of drug-likeness (QED) is 0.764. The Hall–Kier alpha value is -1.82. The highest BCUT2D eigenvalue weighted by molar-refractivity contribution is 9.10. The fraction of sp³-hybridized carbons (Fsp3) is 0.474. The molecule has 2 aromatic rings. The molecule has 0 spiro atoms. The highest BCUT2D eigenvalue weighted by atomic mass is 79.9. The maximum atomic E-state index is 12.0. The summed E-state index contributed by atoms with van der Waals surface area (Å²) in [6, 6.07) is 8.35. The average molecular weight is 406 g/mol. The number of benzene rings is 1. The number of rotatable bonds is 5. The van der Waals surface area contributed by atoms with Crippen molar-refractivity contribution in [2.75, 3.05) is 25.1 Å². The van der Waals surface area contributed by atoms with Crippen LogP contribution in [0.1, 0.15) is 24.8 Å². The lowest BCUT2D eigenvalue weighted by molar-refractivity contribution is 0.381. The van der Waals surface area contributed by atoms with Crippen LogP contribution in [0.4, 0.5) is 5.69 Å². The van der Waals surface area contributed by atoms with Gasteiger partial charge in [-0.1, -0.05) is 12.1 Å². The molecule has 0 radical (unpaired) electrons. The second-order valence-corrected chi connectivity index (χ2v) is 7.38. The van der Waals surface area contributed by atoms with E-state index in [4.69, 9.17) is 4.74 Å². The molecule has 134 valence electrons. The molecule has 3 rings (SSSR count). The van der Waals surface area contributed by atoms with Gasteiger partial charge >= 0.3 is 0 Å². The molecule has 1 aliphatic heterocycles. The van der Waals surface area contributed by atoms with Crippen LogP contribution in [0.3, 0.4) is 0 Å². The molecule has 1 fully saturated rings. The Bertz CT molecular complexity index is 765. The SMILES string of the molecule is COc1ccc(CCC2CCN(c3cnn(C)c(=O)c3Br)CC2)cc1. The summed E-state index contributed by atoms with van der Waals surface area (Å²) in [5.74, 6) is 1.64. The van der Waals surface area contributed by atoms with E-state index in [1.54, 1.807) is 20.4 Å². The van der Waals surface area contributed by atoms with Gasteiger partial charge in [-0.15, -0.1) is 0 Å². The van der Waals surface area contributed by atoms with Crippen LogP contribution in [-0.2, 0) is 13.5 Å². The minimum absolute atomic E-state index is 0.0841. The molecule has 0 atom stereocenters. The summed E-state index contributed by atoms with van der Waals surface area (Å²) in [5, 5.41) is 4.15. The van der Waals surface area contributed by atoms with E-state index in [2.05, 4.69) is 38.1 Å². The van der Waals surface area contributed by atoms with Crippen molar-refractivity contribution in [2.24, 2.45) is 13.0 Å². The first-order valence-corrected chi connectivity index (χ1v) is 9.47. The average Bonchev–Trinajstić information content (AvgIpc) is 2.65. The second kappa shape index (κ2) is 8.04. The van der Waals surface area contributed by atoms with Gasteiger partial charge in [-0.3, -0.25) is 4.79 Å². The molecule has 0 bridgehead atoms. The summed E-state index contributed by atoms with van der Waals surface area (Å²) < 4.78 is 7.17. The van der Waals surface area contributed by atoms with Gasteiger partial charge in [0.2, 0.25) is 0 Å². The zero-order chi connectivity index (χ0) is 17.8. The van der Waals surface area contributed by atoms with Crippen molar-refractivity contribution >= 4 is 21.6 Å². The Morgan fingerprint density at radius 3 is 2.56 bits per heavy atom. The van der Waals surface area contributed by atoms with Crippen LogP contribution in [0.5, 0.6) is 5.75 Å². The van der Waals surface area contributed by atoms with Crippen LogP contribution in [0.15, 0.2) is 39.7 Å². The Balaban J connectivity index is 1.53. The van der Waals surface area contributed by atoms with Crippen molar-refractivity contribution in [3.8, 4) is 5.75 Å². The molecule has 0 aliphatic carbocycles. The van der Waals surface area contributed by atoms with Crippen molar-refractivity contribution < 1.29 is 4.74 Å². The molecule has 0 unspecified atom stereocenters. The molecular formula is C19H24BrN3O2. The number of aromatic nitrogens is 2. The zero-order valence-corrected chi connectivity index (χ0v) is 16.3. The Morgan fingerprint density at radius 1 is 1.24 bits per heavy atom. The van der Waals surface area contributed by atoms with Crippen LogP contribution in [0.2, 0.25) is 0 Å². The fourth-order valence-corrected chi connectivity index (χ4v) is 3.96. The van der Waals surface area contributed by atoms with E-state index >= 15 is 0 Å². The molecule has 0 amide bonds. The van der Waals surface area contributed by atoms with Crippen LogP contribution in [0, 0.1) is 5.92 Å². The summed E-state index contributed by atoms with van der Waals surface area (Å²) in [4.78, 5) is 14.3. The minimum atomic E-state index is -0.0841. The number of ether oxygens (including phenoxy) is 1. The lowest BCUT2D eigenvalue weighted by Gasteiger charge is -2.33. The maximum Gasteiger partial charge on any atom is 0.282 e. The monoisotopic (exact) mass is 405 g/mol. The van der Waals surface area contributed by atoms with E-state index in [-0.39, 0.29) is 5.56 Å². The Labute approximate surface area is 156 Å². The van der Waals surface area contributed by atoms with Gasteiger partial charge in [0.1, 0.15) is 10.2 Å². The summed E-state index contributed by atoms with van der Waals surface area (Å²) in [5.41, 5.74) is 2.19. The Morgan fingerprint density at radius 2 is 1.92 bits per heavy atom. The van der Waals surface area contributed by atoms with Crippen LogP contribution < -0.4 is 15.2 Å². The van der Waals surface area contributed by atoms with Gasteiger partial charge in [0, 0.05) is 20.1 Å². The molecule has 1 aromatic carbocycles. The molecule has 25 heavy (non-hydrogen) atoms. The largest absolute Gasteiger partial charge is 0.497 e. The predicted molar refractivity (Wildman–Crippen MR) is 103 cm³/mol.